The zero-order valence-electron chi connectivity index (χ0n) is 8.26. The number of alkyl halides is 3. The summed E-state index contributed by atoms with van der Waals surface area (Å²) >= 11 is 0. The maximum atomic E-state index is 12.4. The monoisotopic (exact) mass is 248 g/mol. The zero-order chi connectivity index (χ0) is 10.8. The van der Waals surface area contributed by atoms with Crippen LogP contribution in [-0.4, -0.2) is 48.0 Å². The molecule has 0 bridgehead atoms. The van der Waals surface area contributed by atoms with E-state index in [4.69, 9.17) is 5.73 Å². The highest BCUT2D eigenvalue weighted by Crippen LogP contribution is 2.36. The minimum Gasteiger partial charge on any atom is -0.379 e. The Morgan fingerprint density at radius 1 is 1.40 bits per heavy atom. The molecule has 1 fully saturated rings. The normalized spacial score (nSPS) is 28.6. The molecule has 0 aromatic heterocycles. The lowest BCUT2D eigenvalue weighted by Crippen LogP contribution is -2.57. The van der Waals surface area contributed by atoms with Gasteiger partial charge in [0.15, 0.2) is 5.60 Å². The van der Waals surface area contributed by atoms with E-state index in [1.54, 1.807) is 4.90 Å². The van der Waals surface area contributed by atoms with Crippen LogP contribution in [0.25, 0.3) is 0 Å². The fraction of sp³-hybridized carbons (Fsp3) is 1.00. The van der Waals surface area contributed by atoms with Crippen LogP contribution in [0.4, 0.5) is 13.2 Å². The highest BCUT2D eigenvalue weighted by Gasteiger charge is 2.55. The largest absolute Gasteiger partial charge is 0.418 e. The average Bonchev–Trinajstić information content (AvgIpc) is 2.03. The third-order valence-electron chi connectivity index (χ3n) is 2.52. The fourth-order valence-electron chi connectivity index (χ4n) is 1.73. The first-order valence-electron chi connectivity index (χ1n) is 4.60. The molecular weight excluding hydrogens is 233 g/mol. The maximum absolute atomic E-state index is 12.4. The van der Waals surface area contributed by atoms with Crippen LogP contribution in [0.5, 0.6) is 0 Å². The number of rotatable bonds is 2. The third-order valence-corrected chi connectivity index (χ3v) is 2.52. The number of β-amino-alcohol motifs (C(OH)–C–C–N with tert-alkyl or cyclic N) is 1. The minimum absolute atomic E-state index is 0. The van der Waals surface area contributed by atoms with Crippen molar-refractivity contribution in [2.75, 3.05) is 26.2 Å². The zero-order valence-corrected chi connectivity index (χ0v) is 9.07. The summed E-state index contributed by atoms with van der Waals surface area (Å²) in [7, 11) is 0. The molecule has 1 atom stereocenters. The van der Waals surface area contributed by atoms with E-state index in [2.05, 4.69) is 0 Å². The molecule has 3 nitrogen and oxygen atoms in total. The summed E-state index contributed by atoms with van der Waals surface area (Å²) in [6, 6.07) is 0. The molecule has 1 aliphatic heterocycles. The lowest BCUT2D eigenvalue weighted by Gasteiger charge is -2.39. The van der Waals surface area contributed by atoms with Gasteiger partial charge in [0, 0.05) is 19.6 Å². The molecule has 0 aliphatic carbocycles. The van der Waals surface area contributed by atoms with Crippen molar-refractivity contribution in [1.82, 2.24) is 4.90 Å². The smallest absolute Gasteiger partial charge is 0.379 e. The molecule has 1 heterocycles. The number of likely N-dealkylation sites (tertiary alicyclic amines) is 1. The van der Waals surface area contributed by atoms with E-state index in [0.717, 1.165) is 0 Å². The van der Waals surface area contributed by atoms with Gasteiger partial charge in [-0.2, -0.15) is 13.2 Å². The van der Waals surface area contributed by atoms with Gasteiger partial charge in [0.2, 0.25) is 0 Å². The molecule has 7 heteroatoms. The molecule has 1 saturated heterocycles. The van der Waals surface area contributed by atoms with Gasteiger partial charge in [0.05, 0.1) is 0 Å². The average molecular weight is 249 g/mol. The van der Waals surface area contributed by atoms with E-state index in [-0.39, 0.29) is 25.4 Å². The quantitative estimate of drug-likeness (QED) is 0.759. The Balaban J connectivity index is 0.00000196. The first kappa shape index (κ1) is 15.0. The second kappa shape index (κ2) is 5.34. The van der Waals surface area contributed by atoms with Crippen molar-refractivity contribution in [1.29, 1.82) is 0 Å². The summed E-state index contributed by atoms with van der Waals surface area (Å²) in [6.07, 6.45) is -4.39. The fourth-order valence-corrected chi connectivity index (χ4v) is 1.73. The van der Waals surface area contributed by atoms with Crippen LogP contribution >= 0.6 is 12.4 Å². The van der Waals surface area contributed by atoms with Crippen molar-refractivity contribution < 1.29 is 18.3 Å². The highest BCUT2D eigenvalue weighted by molar-refractivity contribution is 5.85. The Morgan fingerprint density at radius 2 is 2.00 bits per heavy atom. The van der Waals surface area contributed by atoms with Gasteiger partial charge in [-0.1, -0.05) is 0 Å². The molecular formula is C8H16ClF3N2O. The Bertz CT molecular complexity index is 201. The Kier molecular flexibility index (Phi) is 5.32. The van der Waals surface area contributed by atoms with Crippen LogP contribution in [0.15, 0.2) is 0 Å². The van der Waals surface area contributed by atoms with Crippen molar-refractivity contribution in [3.63, 3.8) is 0 Å². The topological polar surface area (TPSA) is 49.5 Å². The van der Waals surface area contributed by atoms with Crippen LogP contribution < -0.4 is 5.73 Å². The molecule has 0 amide bonds. The number of hydrogen-bond acceptors (Lipinski definition) is 3. The molecule has 0 spiro atoms. The first-order valence-corrected chi connectivity index (χ1v) is 4.60. The molecule has 0 radical (unpaired) electrons. The number of nitrogens with zero attached hydrogens (tertiary/aromatic N) is 1. The van der Waals surface area contributed by atoms with E-state index < -0.39 is 11.8 Å². The first-order chi connectivity index (χ1) is 6.39. The third kappa shape index (κ3) is 3.48. The summed E-state index contributed by atoms with van der Waals surface area (Å²) in [4.78, 5) is 1.55. The molecule has 1 aliphatic rings. The van der Waals surface area contributed by atoms with Gasteiger partial charge in [-0.05, 0) is 19.4 Å². The van der Waals surface area contributed by atoms with E-state index >= 15 is 0 Å². The molecule has 1 rings (SSSR count). The molecule has 0 aromatic carbocycles. The highest BCUT2D eigenvalue weighted by atomic mass is 35.5. The van der Waals surface area contributed by atoms with Gasteiger partial charge in [0.1, 0.15) is 0 Å². The van der Waals surface area contributed by atoms with E-state index in [0.29, 0.717) is 26.1 Å². The molecule has 1 unspecified atom stereocenters. The van der Waals surface area contributed by atoms with E-state index in [9.17, 15) is 18.3 Å². The Hall–Kier alpha value is -0.0400. The van der Waals surface area contributed by atoms with Crippen LogP contribution in [0, 0.1) is 0 Å². The molecule has 0 aromatic rings. The van der Waals surface area contributed by atoms with Crippen molar-refractivity contribution in [3.05, 3.63) is 0 Å². The number of aliphatic hydroxyl groups is 1. The Labute approximate surface area is 92.8 Å². The summed E-state index contributed by atoms with van der Waals surface area (Å²) in [6.45, 7) is 0.940. The SMILES string of the molecule is Cl.NCCN1CCCC(O)(C(F)(F)F)C1. The Morgan fingerprint density at radius 3 is 2.47 bits per heavy atom. The number of hydrogen-bond donors (Lipinski definition) is 2. The lowest BCUT2D eigenvalue weighted by molar-refractivity contribution is -0.273. The van der Waals surface area contributed by atoms with Crippen LogP contribution in [0.1, 0.15) is 12.8 Å². The van der Waals surface area contributed by atoms with Crippen molar-refractivity contribution in [3.8, 4) is 0 Å². The second-order valence-corrected chi connectivity index (χ2v) is 3.70. The van der Waals surface area contributed by atoms with Crippen LogP contribution in [-0.2, 0) is 0 Å². The summed E-state index contributed by atoms with van der Waals surface area (Å²) < 4.78 is 37.3. The van der Waals surface area contributed by atoms with Crippen LogP contribution in [0.2, 0.25) is 0 Å². The van der Waals surface area contributed by atoms with Crippen molar-refractivity contribution in [2.45, 2.75) is 24.6 Å². The number of nitrogens with two attached hydrogens (primary N) is 1. The predicted octanol–water partition coefficient (Wildman–Crippen LogP) is 0.756. The standard InChI is InChI=1S/C8H15F3N2O.ClH/c9-8(10,11)7(14)2-1-4-13(6-7)5-3-12;/h14H,1-6,12H2;1H. The molecule has 92 valence electrons. The number of piperidine rings is 1. The summed E-state index contributed by atoms with van der Waals surface area (Å²) in [5, 5.41) is 9.40. The minimum atomic E-state index is -4.54. The summed E-state index contributed by atoms with van der Waals surface area (Å²) in [5.74, 6) is 0. The second-order valence-electron chi connectivity index (χ2n) is 3.70. The van der Waals surface area contributed by atoms with Crippen LogP contribution in [0.3, 0.4) is 0 Å². The van der Waals surface area contributed by atoms with Crippen molar-refractivity contribution >= 4 is 12.4 Å². The lowest BCUT2D eigenvalue weighted by atomic mass is 9.92. The molecule has 0 saturated carbocycles. The van der Waals surface area contributed by atoms with Gasteiger partial charge in [-0.15, -0.1) is 12.4 Å². The molecule has 3 N–H and O–H groups in total. The van der Waals surface area contributed by atoms with Gasteiger partial charge >= 0.3 is 6.18 Å². The van der Waals surface area contributed by atoms with Crippen molar-refractivity contribution in [2.24, 2.45) is 5.73 Å². The number of halogens is 4. The van der Waals surface area contributed by atoms with Gasteiger partial charge in [0.25, 0.3) is 0 Å². The maximum Gasteiger partial charge on any atom is 0.418 e. The van der Waals surface area contributed by atoms with Gasteiger partial charge in [-0.25, -0.2) is 0 Å². The van der Waals surface area contributed by atoms with Gasteiger partial charge < -0.3 is 10.8 Å². The van der Waals surface area contributed by atoms with E-state index in [1.165, 1.54) is 0 Å². The van der Waals surface area contributed by atoms with Gasteiger partial charge in [-0.3, -0.25) is 4.90 Å². The predicted molar refractivity (Wildman–Crippen MR) is 53.0 cm³/mol. The molecule has 15 heavy (non-hydrogen) atoms. The summed E-state index contributed by atoms with van der Waals surface area (Å²) in [5.41, 5.74) is 2.71. The van der Waals surface area contributed by atoms with E-state index in [1.807, 2.05) is 0 Å².